The molecule has 2 heterocycles. The Morgan fingerprint density at radius 3 is 3.36 bits per heavy atom. The van der Waals surface area contributed by atoms with E-state index in [2.05, 4.69) is 26.2 Å². The van der Waals surface area contributed by atoms with Gasteiger partial charge in [-0.25, -0.2) is 4.98 Å². The molecule has 0 unspecified atom stereocenters. The molecule has 1 aromatic rings. The van der Waals surface area contributed by atoms with Gasteiger partial charge in [0.1, 0.15) is 4.60 Å². The number of hydrogen-bond acceptors (Lipinski definition) is 2. The van der Waals surface area contributed by atoms with E-state index >= 15 is 0 Å². The van der Waals surface area contributed by atoms with Crippen molar-refractivity contribution in [2.75, 3.05) is 5.32 Å². The van der Waals surface area contributed by atoms with E-state index in [0.29, 0.717) is 18.9 Å². The van der Waals surface area contributed by atoms with E-state index in [1.54, 1.807) is 6.20 Å². The van der Waals surface area contributed by atoms with Gasteiger partial charge in [-0.2, -0.15) is 0 Å². The first-order valence-corrected chi connectivity index (χ1v) is 4.07. The molecule has 1 aromatic heterocycles. The number of nitrogens with one attached hydrogen (secondary N) is 1. The third-order valence-corrected chi connectivity index (χ3v) is 2.25. The summed E-state index contributed by atoms with van der Waals surface area (Å²) in [6.45, 7) is 0.710. The molecule has 5 heteroatoms. The van der Waals surface area contributed by atoms with Crippen molar-refractivity contribution >= 4 is 27.8 Å². The number of amides is 1. The number of hydrogen-bond donors (Lipinski definition) is 1. The summed E-state index contributed by atoms with van der Waals surface area (Å²) in [6, 6.07) is 0. The molecule has 11 heavy (non-hydrogen) atoms. The number of aromatic nitrogens is 2. The van der Waals surface area contributed by atoms with Crippen LogP contribution < -0.4 is 5.32 Å². The van der Waals surface area contributed by atoms with Gasteiger partial charge in [-0.3, -0.25) is 10.1 Å². The monoisotopic (exact) mass is 215 g/mol. The van der Waals surface area contributed by atoms with Gasteiger partial charge in [0.05, 0.1) is 6.20 Å². The second-order valence-electron chi connectivity index (χ2n) is 2.35. The van der Waals surface area contributed by atoms with Gasteiger partial charge in [0.15, 0.2) is 0 Å². The van der Waals surface area contributed by atoms with Crippen molar-refractivity contribution in [3.8, 4) is 0 Å². The second-order valence-corrected chi connectivity index (χ2v) is 3.17. The van der Waals surface area contributed by atoms with Gasteiger partial charge in [-0.1, -0.05) is 0 Å². The molecule has 0 saturated heterocycles. The third-order valence-electron chi connectivity index (χ3n) is 1.62. The van der Waals surface area contributed by atoms with Gasteiger partial charge in [0.2, 0.25) is 11.9 Å². The number of rotatable bonds is 0. The van der Waals surface area contributed by atoms with E-state index in [1.807, 2.05) is 4.57 Å². The van der Waals surface area contributed by atoms with Crippen LogP contribution in [0.2, 0.25) is 0 Å². The topological polar surface area (TPSA) is 46.9 Å². The molecule has 0 radical (unpaired) electrons. The second kappa shape index (κ2) is 2.34. The number of anilines is 1. The number of nitrogens with zero attached hydrogens (tertiary/aromatic N) is 2. The fourth-order valence-electron chi connectivity index (χ4n) is 1.07. The van der Waals surface area contributed by atoms with Crippen molar-refractivity contribution in [2.45, 2.75) is 13.0 Å². The normalized spacial score (nSPS) is 15.9. The van der Waals surface area contributed by atoms with Crippen LogP contribution in [0.15, 0.2) is 10.8 Å². The zero-order valence-electron chi connectivity index (χ0n) is 5.67. The zero-order chi connectivity index (χ0) is 7.84. The molecule has 58 valence electrons. The Kier molecular flexibility index (Phi) is 1.45. The smallest absolute Gasteiger partial charge is 0.228 e. The van der Waals surface area contributed by atoms with E-state index in [0.717, 1.165) is 4.60 Å². The summed E-state index contributed by atoms with van der Waals surface area (Å²) < 4.78 is 2.83. The standard InChI is InChI=1S/C6H6BrN3O/c7-4-3-8-6-9-5(11)1-2-10(4)6/h3H,1-2H2,(H,8,9,11). The molecule has 1 N–H and O–H groups in total. The van der Waals surface area contributed by atoms with Crippen LogP contribution in [-0.2, 0) is 11.3 Å². The fourth-order valence-corrected chi connectivity index (χ4v) is 1.52. The van der Waals surface area contributed by atoms with Crippen LogP contribution in [0.4, 0.5) is 5.95 Å². The van der Waals surface area contributed by atoms with Gasteiger partial charge >= 0.3 is 0 Å². The van der Waals surface area contributed by atoms with Crippen LogP contribution in [0.25, 0.3) is 0 Å². The Balaban J connectivity index is 2.44. The Morgan fingerprint density at radius 1 is 1.73 bits per heavy atom. The van der Waals surface area contributed by atoms with Gasteiger partial charge in [0, 0.05) is 13.0 Å². The molecule has 1 amide bonds. The molecule has 2 rings (SSSR count). The first kappa shape index (κ1) is 6.84. The van der Waals surface area contributed by atoms with Crippen LogP contribution >= 0.6 is 15.9 Å². The highest BCUT2D eigenvalue weighted by Gasteiger charge is 2.16. The molecule has 0 spiro atoms. The highest BCUT2D eigenvalue weighted by atomic mass is 79.9. The largest absolute Gasteiger partial charge is 0.304 e. The number of fused-ring (bicyclic) bond motifs is 1. The average molecular weight is 216 g/mol. The molecule has 0 aromatic carbocycles. The SMILES string of the molecule is O=C1CCn2c(Br)cnc2N1. The summed E-state index contributed by atoms with van der Waals surface area (Å²) in [5.41, 5.74) is 0. The van der Waals surface area contributed by atoms with Crippen LogP contribution in [0.3, 0.4) is 0 Å². The average Bonchev–Trinajstić information content (AvgIpc) is 2.32. The summed E-state index contributed by atoms with van der Waals surface area (Å²) in [4.78, 5) is 14.8. The highest BCUT2D eigenvalue weighted by molar-refractivity contribution is 9.10. The lowest BCUT2D eigenvalue weighted by molar-refractivity contribution is -0.116. The van der Waals surface area contributed by atoms with Crippen molar-refractivity contribution in [3.63, 3.8) is 0 Å². The minimum atomic E-state index is 0.0376. The summed E-state index contributed by atoms with van der Waals surface area (Å²) in [7, 11) is 0. The van der Waals surface area contributed by atoms with Crippen LogP contribution in [0, 0.1) is 0 Å². The Hall–Kier alpha value is -0.840. The lowest BCUT2D eigenvalue weighted by atomic mass is 10.3. The number of halogens is 1. The molecular weight excluding hydrogens is 210 g/mol. The molecule has 0 atom stereocenters. The first-order valence-electron chi connectivity index (χ1n) is 3.28. The maximum Gasteiger partial charge on any atom is 0.228 e. The minimum Gasteiger partial charge on any atom is -0.304 e. The van der Waals surface area contributed by atoms with E-state index in [1.165, 1.54) is 0 Å². The zero-order valence-corrected chi connectivity index (χ0v) is 7.26. The van der Waals surface area contributed by atoms with Crippen LogP contribution in [0.1, 0.15) is 6.42 Å². The van der Waals surface area contributed by atoms with Gasteiger partial charge in [0.25, 0.3) is 0 Å². The van der Waals surface area contributed by atoms with Crippen LogP contribution in [-0.4, -0.2) is 15.5 Å². The van der Waals surface area contributed by atoms with Crippen molar-refractivity contribution in [1.82, 2.24) is 9.55 Å². The lowest BCUT2D eigenvalue weighted by Gasteiger charge is -2.14. The molecule has 4 nitrogen and oxygen atoms in total. The Bertz CT molecular complexity index is 307. The molecule has 0 fully saturated rings. The summed E-state index contributed by atoms with van der Waals surface area (Å²) in [6.07, 6.45) is 2.21. The summed E-state index contributed by atoms with van der Waals surface area (Å²) in [5.74, 6) is 0.670. The van der Waals surface area contributed by atoms with Crippen molar-refractivity contribution in [2.24, 2.45) is 0 Å². The maximum atomic E-state index is 10.9. The minimum absolute atomic E-state index is 0.0376. The molecule has 1 aliphatic heterocycles. The Labute approximate surface area is 71.7 Å². The first-order chi connectivity index (χ1) is 5.27. The maximum absolute atomic E-state index is 10.9. The molecular formula is C6H6BrN3O. The highest BCUT2D eigenvalue weighted by Crippen LogP contribution is 2.19. The fraction of sp³-hybridized carbons (Fsp3) is 0.333. The number of carbonyl (C=O) groups excluding carboxylic acids is 1. The lowest BCUT2D eigenvalue weighted by Crippen LogP contribution is -2.23. The molecule has 1 aliphatic rings. The van der Waals surface area contributed by atoms with Crippen LogP contribution in [0.5, 0.6) is 0 Å². The van der Waals surface area contributed by atoms with Crippen molar-refractivity contribution < 1.29 is 4.79 Å². The van der Waals surface area contributed by atoms with E-state index in [-0.39, 0.29) is 5.91 Å². The Morgan fingerprint density at radius 2 is 2.55 bits per heavy atom. The molecule has 0 aliphatic carbocycles. The third kappa shape index (κ3) is 1.05. The molecule has 0 bridgehead atoms. The van der Waals surface area contributed by atoms with Gasteiger partial charge in [-0.15, -0.1) is 0 Å². The quantitative estimate of drug-likeness (QED) is 0.702. The van der Waals surface area contributed by atoms with Crippen molar-refractivity contribution in [3.05, 3.63) is 10.8 Å². The predicted octanol–water partition coefficient (Wildman–Crippen LogP) is 0.988. The number of carbonyl (C=O) groups is 1. The van der Waals surface area contributed by atoms with Gasteiger partial charge < -0.3 is 4.57 Å². The van der Waals surface area contributed by atoms with E-state index in [9.17, 15) is 4.79 Å². The predicted molar refractivity (Wildman–Crippen MR) is 43.2 cm³/mol. The van der Waals surface area contributed by atoms with E-state index in [4.69, 9.17) is 0 Å². The summed E-state index contributed by atoms with van der Waals surface area (Å²) in [5, 5.41) is 2.66. The summed E-state index contributed by atoms with van der Waals surface area (Å²) >= 11 is 3.32. The number of imidazole rings is 1. The van der Waals surface area contributed by atoms with Gasteiger partial charge in [-0.05, 0) is 15.9 Å². The van der Waals surface area contributed by atoms with E-state index < -0.39 is 0 Å². The molecule has 0 saturated carbocycles. The van der Waals surface area contributed by atoms with Crippen molar-refractivity contribution in [1.29, 1.82) is 0 Å².